The summed E-state index contributed by atoms with van der Waals surface area (Å²) in [6.45, 7) is 6.19. The first-order valence-corrected chi connectivity index (χ1v) is 13.1. The van der Waals surface area contributed by atoms with E-state index in [2.05, 4.69) is 43.2 Å². The maximum absolute atomic E-state index is 12.7. The highest BCUT2D eigenvalue weighted by atomic mass is 32.2. The van der Waals surface area contributed by atoms with Gasteiger partial charge in [-0.1, -0.05) is 6.07 Å². The normalized spacial score (nSPS) is 15.5. The van der Waals surface area contributed by atoms with Crippen molar-refractivity contribution in [1.29, 1.82) is 0 Å². The lowest BCUT2D eigenvalue weighted by molar-refractivity contribution is -0.114. The van der Waals surface area contributed by atoms with Crippen LogP contribution in [0.3, 0.4) is 0 Å². The highest BCUT2D eigenvalue weighted by molar-refractivity contribution is 7.83. The van der Waals surface area contributed by atoms with E-state index in [1.54, 1.807) is 6.92 Å². The Bertz CT molecular complexity index is 1330. The maximum Gasteiger partial charge on any atom is 0.331 e. The van der Waals surface area contributed by atoms with Crippen molar-refractivity contribution in [1.82, 2.24) is 19.8 Å². The molecule has 0 saturated heterocycles. The predicted octanol–water partition coefficient (Wildman–Crippen LogP) is 2.48. The van der Waals surface area contributed by atoms with E-state index < -0.39 is 28.8 Å². The molecule has 0 fully saturated rings. The topological polar surface area (TPSA) is 147 Å². The molecule has 11 nitrogen and oxygen atoms in total. The van der Waals surface area contributed by atoms with Crippen molar-refractivity contribution < 1.29 is 18.6 Å². The molecule has 1 heterocycles. The van der Waals surface area contributed by atoms with E-state index in [0.717, 1.165) is 48.9 Å². The van der Waals surface area contributed by atoms with Crippen LogP contribution in [0.1, 0.15) is 53.7 Å². The third-order valence-electron chi connectivity index (χ3n) is 6.35. The SMILES string of the molecule is C=N/C(C)=C\N=C(C)C(=O)NCC(=O)n1cc(S(=O)NC(=O)Nc2c3c(cc4c2CCC4)CCC3)cn1. The number of allylic oxidation sites excluding steroid dienone is 1. The molecule has 0 radical (unpaired) electrons. The van der Waals surface area contributed by atoms with E-state index in [4.69, 9.17) is 0 Å². The monoisotopic (exact) mass is 523 g/mol. The van der Waals surface area contributed by atoms with Crippen molar-refractivity contribution in [2.45, 2.75) is 57.3 Å². The van der Waals surface area contributed by atoms with Gasteiger partial charge in [-0.3, -0.25) is 24.3 Å². The molecular formula is C25H29N7O4S. The number of carbonyl (C=O) groups excluding carboxylic acids is 3. The first kappa shape index (κ1) is 26.1. The second-order valence-electron chi connectivity index (χ2n) is 8.90. The van der Waals surface area contributed by atoms with Crippen LogP contribution in [0.15, 0.2) is 45.2 Å². The Morgan fingerprint density at radius 2 is 1.81 bits per heavy atom. The van der Waals surface area contributed by atoms with Crippen LogP contribution in [0, 0.1) is 0 Å². The summed E-state index contributed by atoms with van der Waals surface area (Å²) < 4.78 is 16.1. The minimum atomic E-state index is -1.93. The van der Waals surface area contributed by atoms with Crippen molar-refractivity contribution in [3.8, 4) is 0 Å². The van der Waals surface area contributed by atoms with Crippen LogP contribution in [0.25, 0.3) is 0 Å². The zero-order valence-electron chi connectivity index (χ0n) is 20.8. The number of nitrogens with zero attached hydrogens (tertiary/aromatic N) is 4. The van der Waals surface area contributed by atoms with Gasteiger partial charge < -0.3 is 10.6 Å². The molecule has 1 aromatic heterocycles. The van der Waals surface area contributed by atoms with Crippen LogP contribution in [-0.2, 0) is 41.5 Å². The van der Waals surface area contributed by atoms with Gasteiger partial charge in [0.05, 0.1) is 29.5 Å². The van der Waals surface area contributed by atoms with Crippen LogP contribution >= 0.6 is 0 Å². The number of nitrogens with one attached hydrogen (secondary N) is 3. The Kier molecular flexibility index (Phi) is 8.07. The molecule has 2 aliphatic carbocycles. The van der Waals surface area contributed by atoms with E-state index in [1.165, 1.54) is 47.8 Å². The Hall–Kier alpha value is -3.93. The molecule has 1 atom stereocenters. The van der Waals surface area contributed by atoms with Gasteiger partial charge in [-0.25, -0.2) is 13.7 Å². The lowest BCUT2D eigenvalue weighted by atomic mass is 9.99. The molecule has 0 spiro atoms. The summed E-state index contributed by atoms with van der Waals surface area (Å²) in [6, 6.07) is 1.69. The lowest BCUT2D eigenvalue weighted by Gasteiger charge is -2.16. The molecule has 0 aliphatic heterocycles. The summed E-state index contributed by atoms with van der Waals surface area (Å²) in [5.41, 5.74) is 6.44. The van der Waals surface area contributed by atoms with E-state index in [-0.39, 0.29) is 17.2 Å². The largest absolute Gasteiger partial charge is 0.342 e. The first-order chi connectivity index (χ1) is 17.8. The third-order valence-corrected chi connectivity index (χ3v) is 7.36. The molecule has 0 bridgehead atoms. The number of urea groups is 1. The molecule has 4 rings (SSSR count). The number of hydrogen-bond donors (Lipinski definition) is 3. The summed E-state index contributed by atoms with van der Waals surface area (Å²) in [6.07, 6.45) is 9.85. The average molecular weight is 524 g/mol. The minimum Gasteiger partial charge on any atom is -0.342 e. The van der Waals surface area contributed by atoms with Gasteiger partial charge in [0.1, 0.15) is 5.71 Å². The van der Waals surface area contributed by atoms with E-state index >= 15 is 0 Å². The van der Waals surface area contributed by atoms with Crippen molar-refractivity contribution in [2.24, 2.45) is 9.98 Å². The molecule has 194 valence electrons. The number of benzene rings is 1. The Morgan fingerprint density at radius 3 is 2.46 bits per heavy atom. The number of rotatable bonds is 8. The Labute approximate surface area is 217 Å². The van der Waals surface area contributed by atoms with E-state index in [0.29, 0.717) is 5.70 Å². The van der Waals surface area contributed by atoms with Crippen molar-refractivity contribution >= 4 is 46.9 Å². The van der Waals surface area contributed by atoms with Crippen molar-refractivity contribution in [3.63, 3.8) is 0 Å². The highest BCUT2D eigenvalue weighted by Crippen LogP contribution is 2.38. The number of amides is 3. The fourth-order valence-electron chi connectivity index (χ4n) is 4.44. The Morgan fingerprint density at radius 1 is 1.14 bits per heavy atom. The van der Waals surface area contributed by atoms with Gasteiger partial charge in [0.2, 0.25) is 0 Å². The average Bonchev–Trinajstić information content (AvgIpc) is 3.65. The van der Waals surface area contributed by atoms with E-state index in [9.17, 15) is 18.6 Å². The molecule has 3 N–H and O–H groups in total. The fraction of sp³-hybridized carbons (Fsp3) is 0.360. The zero-order valence-corrected chi connectivity index (χ0v) is 21.6. The van der Waals surface area contributed by atoms with Crippen LogP contribution in [0.4, 0.5) is 10.5 Å². The second kappa shape index (κ2) is 11.4. The third kappa shape index (κ3) is 6.08. The molecule has 0 saturated carbocycles. The first-order valence-electron chi connectivity index (χ1n) is 12.0. The maximum atomic E-state index is 12.7. The quantitative estimate of drug-likeness (QED) is 0.455. The summed E-state index contributed by atoms with van der Waals surface area (Å²) >= 11 is 0. The summed E-state index contributed by atoms with van der Waals surface area (Å²) in [7, 11) is -1.93. The van der Waals surface area contributed by atoms with E-state index in [1.807, 2.05) is 0 Å². The van der Waals surface area contributed by atoms with Crippen molar-refractivity contribution in [2.75, 3.05) is 11.9 Å². The lowest BCUT2D eigenvalue weighted by Crippen LogP contribution is -2.36. The van der Waals surface area contributed by atoms with Crippen LogP contribution in [0.2, 0.25) is 0 Å². The zero-order chi connectivity index (χ0) is 26.5. The number of aliphatic imine (C=N–C) groups is 2. The number of carbonyl (C=O) groups is 3. The van der Waals surface area contributed by atoms with Gasteiger partial charge in [0.25, 0.3) is 11.8 Å². The van der Waals surface area contributed by atoms with Gasteiger partial charge in [-0.2, -0.15) is 5.10 Å². The molecule has 3 amide bonds. The van der Waals surface area contributed by atoms with Gasteiger partial charge in [0.15, 0.2) is 11.0 Å². The molecule has 1 aromatic carbocycles. The standard InChI is InChI=1S/C25H29N7O4S/c1-15(26-3)11-27-16(2)24(34)28-13-22(33)32-14-19(12-29-32)37(36)31-25(35)30-23-20-8-4-6-17(20)10-18-7-5-9-21(18)23/h10-12,14H,3-9,13H2,1-2H3,(H,28,34)(H2,30,31,35)/b15-11-,27-16?. The van der Waals surface area contributed by atoms with Gasteiger partial charge in [0, 0.05) is 11.9 Å². The summed E-state index contributed by atoms with van der Waals surface area (Å²) in [4.78, 5) is 45.0. The smallest absolute Gasteiger partial charge is 0.331 e. The second-order valence-corrected chi connectivity index (χ2v) is 10.1. The fourth-order valence-corrected chi connectivity index (χ4v) is 5.12. The van der Waals surface area contributed by atoms with Gasteiger partial charge in [-0.05, 0) is 81.3 Å². The van der Waals surface area contributed by atoms with Crippen LogP contribution in [-0.4, -0.2) is 50.8 Å². The summed E-state index contributed by atoms with van der Waals surface area (Å²) in [5, 5.41) is 9.29. The number of fused-ring (bicyclic) bond motifs is 2. The summed E-state index contributed by atoms with van der Waals surface area (Å²) in [5.74, 6) is -1.08. The highest BCUT2D eigenvalue weighted by Gasteiger charge is 2.25. The molecule has 37 heavy (non-hydrogen) atoms. The van der Waals surface area contributed by atoms with Gasteiger partial charge >= 0.3 is 6.03 Å². The van der Waals surface area contributed by atoms with Crippen LogP contribution in [0.5, 0.6) is 0 Å². The minimum absolute atomic E-state index is 0.142. The number of hydrogen-bond acceptors (Lipinski definition) is 7. The van der Waals surface area contributed by atoms with Crippen molar-refractivity contribution in [3.05, 3.63) is 52.6 Å². The predicted molar refractivity (Wildman–Crippen MR) is 141 cm³/mol. The molecule has 2 aromatic rings. The number of anilines is 1. The number of aryl methyl sites for hydroxylation is 2. The van der Waals surface area contributed by atoms with Crippen LogP contribution < -0.4 is 15.4 Å². The van der Waals surface area contributed by atoms with Gasteiger partial charge in [-0.15, -0.1) is 0 Å². The molecule has 1 unspecified atom stereocenters. The Balaban J connectivity index is 1.34. The molecular weight excluding hydrogens is 494 g/mol. The molecule has 12 heteroatoms. The number of aromatic nitrogens is 2. The molecule has 2 aliphatic rings.